The first-order chi connectivity index (χ1) is 19.0. The van der Waals surface area contributed by atoms with Crippen molar-refractivity contribution in [1.82, 2.24) is 4.90 Å². The summed E-state index contributed by atoms with van der Waals surface area (Å²) < 4.78 is 12.3. The fourth-order valence-corrected chi connectivity index (χ4v) is 7.05. The predicted octanol–water partition coefficient (Wildman–Crippen LogP) is 4.54. The molecule has 6 atom stereocenters. The molecule has 1 spiro atoms. The van der Waals surface area contributed by atoms with Crippen LogP contribution in [-0.2, 0) is 23.9 Å². The van der Waals surface area contributed by atoms with Crippen LogP contribution in [0, 0.1) is 17.8 Å². The maximum Gasteiger partial charge on any atom is 0.312 e. The third kappa shape index (κ3) is 5.21. The molecule has 0 radical (unpaired) electrons. The number of esters is 1. The molecule has 8 nitrogen and oxygen atoms in total. The molecule has 2 bridgehead atoms. The number of unbranched alkanes of at least 4 members (excludes halogenated alkanes) is 1. The first-order valence-corrected chi connectivity index (χ1v) is 14.5. The van der Waals surface area contributed by atoms with Gasteiger partial charge in [-0.1, -0.05) is 37.6 Å². The largest absolute Gasteiger partial charge is 0.465 e. The summed E-state index contributed by atoms with van der Waals surface area (Å²) in [6, 6.07) is 5.25. The van der Waals surface area contributed by atoms with Crippen molar-refractivity contribution in [1.29, 1.82) is 0 Å². The Hall–Kier alpha value is -2.68. The molecule has 1 N–H and O–H groups in total. The Kier molecular flexibility index (Phi) is 9.12. The van der Waals surface area contributed by atoms with E-state index in [1.807, 2.05) is 20.8 Å². The fourth-order valence-electron chi connectivity index (χ4n) is 6.92. The van der Waals surface area contributed by atoms with Gasteiger partial charge in [0.15, 0.2) is 0 Å². The smallest absolute Gasteiger partial charge is 0.312 e. The van der Waals surface area contributed by atoms with Crippen molar-refractivity contribution in [3.05, 3.63) is 54.6 Å². The van der Waals surface area contributed by atoms with Gasteiger partial charge in [-0.3, -0.25) is 14.4 Å². The fraction of sp³-hybridized carbons (Fsp3) is 0.581. The van der Waals surface area contributed by atoms with E-state index in [-0.39, 0.29) is 37.5 Å². The predicted molar refractivity (Wildman–Crippen MR) is 154 cm³/mol. The quantitative estimate of drug-likeness (QED) is 0.212. The summed E-state index contributed by atoms with van der Waals surface area (Å²) >= 11 is 6.12. The van der Waals surface area contributed by atoms with Crippen LogP contribution < -0.4 is 4.90 Å². The third-order valence-electron chi connectivity index (χ3n) is 8.56. The standard InChI is InChI=1S/C31H41ClN2O6/c1-6-8-9-17-39-29(38)25-24-27(36)34(23(19-35)18-20(3)4)26(31(24)15-14-30(25,5)40-31)28(37)33(16-7-2)22-12-10-21(32)11-13-22/h6-7,10-13,20,23-26,35H,1-2,8-9,14-19H2,3-5H3/t23-,24+,25-,26?,30+,31?/m1/s1. The van der Waals surface area contributed by atoms with Gasteiger partial charge in [0.05, 0.1) is 30.8 Å². The average Bonchev–Trinajstić information content (AvgIpc) is 3.49. The molecule has 40 heavy (non-hydrogen) atoms. The lowest BCUT2D eigenvalue weighted by Gasteiger charge is -2.40. The van der Waals surface area contributed by atoms with Gasteiger partial charge in [-0.25, -0.2) is 0 Å². The number of hydrogen-bond donors (Lipinski definition) is 1. The molecule has 3 fully saturated rings. The van der Waals surface area contributed by atoms with Crippen LogP contribution in [0.15, 0.2) is 49.6 Å². The summed E-state index contributed by atoms with van der Waals surface area (Å²) in [6.45, 7) is 13.5. The van der Waals surface area contributed by atoms with E-state index in [1.54, 1.807) is 41.3 Å². The van der Waals surface area contributed by atoms with E-state index in [1.165, 1.54) is 4.90 Å². The number of aliphatic hydroxyl groups excluding tert-OH is 1. The molecule has 3 aliphatic heterocycles. The number of fused-ring (bicyclic) bond motifs is 1. The summed E-state index contributed by atoms with van der Waals surface area (Å²) in [6.07, 6.45) is 6.17. The van der Waals surface area contributed by atoms with Crippen molar-refractivity contribution in [2.45, 2.75) is 76.2 Å². The lowest BCUT2D eigenvalue weighted by Crippen LogP contribution is -2.59. The van der Waals surface area contributed by atoms with Gasteiger partial charge in [0.1, 0.15) is 17.6 Å². The Labute approximate surface area is 241 Å². The number of aliphatic hydroxyl groups is 1. The number of hydrogen-bond acceptors (Lipinski definition) is 6. The zero-order chi connectivity index (χ0) is 29.2. The molecule has 2 amide bonds. The number of allylic oxidation sites excluding steroid dienone is 1. The highest BCUT2D eigenvalue weighted by Crippen LogP contribution is 2.64. The van der Waals surface area contributed by atoms with Gasteiger partial charge in [-0.2, -0.15) is 0 Å². The van der Waals surface area contributed by atoms with E-state index in [0.29, 0.717) is 42.8 Å². The molecule has 4 rings (SSSR count). The van der Waals surface area contributed by atoms with E-state index in [0.717, 1.165) is 0 Å². The van der Waals surface area contributed by atoms with E-state index in [4.69, 9.17) is 21.1 Å². The van der Waals surface area contributed by atoms with Crippen LogP contribution in [-0.4, -0.2) is 70.8 Å². The molecule has 1 aromatic carbocycles. The monoisotopic (exact) mass is 572 g/mol. The molecule has 9 heteroatoms. The van der Waals surface area contributed by atoms with Crippen LogP contribution in [0.4, 0.5) is 5.69 Å². The minimum absolute atomic E-state index is 0.152. The maximum atomic E-state index is 14.6. The van der Waals surface area contributed by atoms with Crippen LogP contribution >= 0.6 is 11.6 Å². The summed E-state index contributed by atoms with van der Waals surface area (Å²) in [5, 5.41) is 11.0. The second-order valence-corrected chi connectivity index (χ2v) is 12.2. The van der Waals surface area contributed by atoms with Crippen LogP contribution in [0.3, 0.4) is 0 Å². The molecule has 0 saturated carbocycles. The summed E-state index contributed by atoms with van der Waals surface area (Å²) in [7, 11) is 0. The van der Waals surface area contributed by atoms with Crippen molar-refractivity contribution in [2.24, 2.45) is 17.8 Å². The van der Waals surface area contributed by atoms with Gasteiger partial charge >= 0.3 is 5.97 Å². The second-order valence-electron chi connectivity index (χ2n) is 11.8. The number of carbonyl (C=O) groups excluding carboxylic acids is 3. The number of carbonyl (C=O) groups is 3. The molecule has 0 aromatic heterocycles. The van der Waals surface area contributed by atoms with Gasteiger partial charge < -0.3 is 24.4 Å². The first kappa shape index (κ1) is 30.3. The number of ether oxygens (including phenoxy) is 2. The molecule has 1 aromatic rings. The Morgan fingerprint density at radius 1 is 1.25 bits per heavy atom. The molecule has 3 aliphatic rings. The SMILES string of the molecule is C=CCCCOC(=O)[C@H]1[C@H]2C(=O)N([C@@H](CO)CC(C)C)C(C(=O)N(CC=C)c3ccc(Cl)cc3)C23CC[C@]1(C)O3. The molecule has 0 aliphatic carbocycles. The van der Waals surface area contributed by atoms with Gasteiger partial charge in [-0.15, -0.1) is 13.2 Å². The minimum atomic E-state index is -1.22. The van der Waals surface area contributed by atoms with Crippen LogP contribution in [0.1, 0.15) is 52.9 Å². The van der Waals surface area contributed by atoms with E-state index in [2.05, 4.69) is 13.2 Å². The van der Waals surface area contributed by atoms with Gasteiger partial charge in [0.25, 0.3) is 5.91 Å². The highest BCUT2D eigenvalue weighted by Gasteiger charge is 2.79. The third-order valence-corrected chi connectivity index (χ3v) is 8.81. The number of nitrogens with zero attached hydrogens (tertiary/aromatic N) is 2. The van der Waals surface area contributed by atoms with Crippen LogP contribution in [0.5, 0.6) is 0 Å². The number of likely N-dealkylation sites (tertiary alicyclic amines) is 1. The van der Waals surface area contributed by atoms with Gasteiger partial charge in [0.2, 0.25) is 5.91 Å². The Bertz CT molecular complexity index is 1140. The first-order valence-electron chi connectivity index (χ1n) is 14.1. The number of amides is 2. The Balaban J connectivity index is 1.79. The van der Waals surface area contributed by atoms with E-state index >= 15 is 0 Å². The van der Waals surface area contributed by atoms with Crippen molar-refractivity contribution < 1.29 is 29.0 Å². The minimum Gasteiger partial charge on any atom is -0.465 e. The lowest BCUT2D eigenvalue weighted by atomic mass is 9.66. The number of rotatable bonds is 13. The van der Waals surface area contributed by atoms with E-state index in [9.17, 15) is 19.5 Å². The van der Waals surface area contributed by atoms with Crippen LogP contribution in [0.25, 0.3) is 0 Å². The zero-order valence-electron chi connectivity index (χ0n) is 23.7. The Morgan fingerprint density at radius 2 is 1.95 bits per heavy atom. The van der Waals surface area contributed by atoms with Crippen molar-refractivity contribution in [3.63, 3.8) is 0 Å². The topological polar surface area (TPSA) is 96.4 Å². The lowest BCUT2D eigenvalue weighted by molar-refractivity contribution is -0.160. The van der Waals surface area contributed by atoms with Gasteiger partial charge in [0, 0.05) is 17.3 Å². The molecule has 3 saturated heterocycles. The number of halogens is 1. The summed E-state index contributed by atoms with van der Waals surface area (Å²) in [4.78, 5) is 45.6. The van der Waals surface area contributed by atoms with E-state index < -0.39 is 41.1 Å². The summed E-state index contributed by atoms with van der Waals surface area (Å²) in [5.74, 6) is -2.75. The van der Waals surface area contributed by atoms with Gasteiger partial charge in [-0.05, 0) is 69.2 Å². The Morgan fingerprint density at radius 3 is 2.55 bits per heavy atom. The average molecular weight is 573 g/mol. The maximum absolute atomic E-state index is 14.6. The molecular weight excluding hydrogens is 532 g/mol. The van der Waals surface area contributed by atoms with Crippen LogP contribution in [0.2, 0.25) is 5.02 Å². The molecule has 2 unspecified atom stereocenters. The molecule has 3 heterocycles. The number of anilines is 1. The zero-order valence-corrected chi connectivity index (χ0v) is 24.4. The second kappa shape index (κ2) is 12.0. The highest BCUT2D eigenvalue weighted by molar-refractivity contribution is 6.30. The molecular formula is C31H41ClN2O6. The van der Waals surface area contributed by atoms with Crippen molar-refractivity contribution in [3.8, 4) is 0 Å². The highest BCUT2D eigenvalue weighted by atomic mass is 35.5. The normalized spacial score (nSPS) is 29.4. The van der Waals surface area contributed by atoms with Crippen molar-refractivity contribution in [2.75, 3.05) is 24.7 Å². The molecule has 218 valence electrons. The summed E-state index contributed by atoms with van der Waals surface area (Å²) in [5.41, 5.74) is -1.55. The number of benzene rings is 1. The van der Waals surface area contributed by atoms with Crippen molar-refractivity contribution >= 4 is 35.1 Å².